The molecule has 2 rings (SSSR count). The van der Waals surface area contributed by atoms with Crippen LogP contribution < -0.4 is 5.32 Å². The van der Waals surface area contributed by atoms with Crippen LogP contribution in [0.1, 0.15) is 36.9 Å². The Labute approximate surface area is 119 Å². The molecule has 1 atom stereocenters. The number of allylic oxidation sites excluding steroid dienone is 1. The van der Waals surface area contributed by atoms with Crippen LogP contribution in [0.2, 0.25) is 0 Å². The predicted molar refractivity (Wildman–Crippen MR) is 77.1 cm³/mol. The van der Waals surface area contributed by atoms with Crippen LogP contribution in [-0.4, -0.2) is 24.2 Å². The first kappa shape index (κ1) is 14.6. The Morgan fingerprint density at radius 1 is 1.40 bits per heavy atom. The predicted octanol–water partition coefficient (Wildman–Crippen LogP) is 2.09. The van der Waals surface area contributed by atoms with Crippen molar-refractivity contribution in [1.82, 2.24) is 5.32 Å². The van der Waals surface area contributed by atoms with Gasteiger partial charge in [0, 0.05) is 0 Å². The highest BCUT2D eigenvalue weighted by Crippen LogP contribution is 2.16. The quantitative estimate of drug-likeness (QED) is 0.865. The Balaban J connectivity index is 2.03. The fraction of sp³-hybridized carbons (Fsp3) is 0.438. The van der Waals surface area contributed by atoms with Gasteiger partial charge in [-0.2, -0.15) is 0 Å². The van der Waals surface area contributed by atoms with Gasteiger partial charge < -0.3 is 15.2 Å². The third kappa shape index (κ3) is 3.61. The lowest BCUT2D eigenvalue weighted by molar-refractivity contribution is -0.122. The van der Waals surface area contributed by atoms with Crippen molar-refractivity contribution < 1.29 is 14.6 Å². The highest BCUT2D eigenvalue weighted by molar-refractivity contribution is 5.91. The van der Waals surface area contributed by atoms with E-state index in [2.05, 4.69) is 12.2 Å². The van der Waals surface area contributed by atoms with Gasteiger partial charge in [0.2, 0.25) is 0 Å². The second-order valence-electron chi connectivity index (χ2n) is 4.86. The average Bonchev–Trinajstić information content (AvgIpc) is 2.53. The number of hydrogen-bond acceptors (Lipinski definition) is 3. The molecule has 1 aliphatic heterocycles. The first-order valence-electron chi connectivity index (χ1n) is 7.08. The van der Waals surface area contributed by atoms with E-state index in [9.17, 15) is 9.90 Å². The van der Waals surface area contributed by atoms with Gasteiger partial charge in [-0.1, -0.05) is 31.2 Å². The van der Waals surface area contributed by atoms with Crippen LogP contribution in [-0.2, 0) is 16.0 Å². The molecule has 1 aliphatic rings. The number of carbonyl (C=O) groups is 1. The van der Waals surface area contributed by atoms with Crippen LogP contribution in [0.4, 0.5) is 0 Å². The molecule has 0 aromatic heterocycles. The van der Waals surface area contributed by atoms with E-state index in [4.69, 9.17) is 4.74 Å². The molecule has 1 aromatic carbocycles. The zero-order valence-corrected chi connectivity index (χ0v) is 11.8. The average molecular weight is 275 g/mol. The molecule has 4 nitrogen and oxygen atoms in total. The molecule has 0 aliphatic carbocycles. The van der Waals surface area contributed by atoms with E-state index in [1.807, 2.05) is 24.3 Å². The molecular weight excluding hydrogens is 254 g/mol. The number of carbonyl (C=O) groups excluding carboxylic acids is 1. The molecule has 0 saturated heterocycles. The number of aliphatic hydroxyl groups excluding tert-OH is 1. The molecule has 1 unspecified atom stereocenters. The summed E-state index contributed by atoms with van der Waals surface area (Å²) < 4.78 is 5.32. The summed E-state index contributed by atoms with van der Waals surface area (Å²) in [6, 6.07) is 7.51. The third-order valence-electron chi connectivity index (χ3n) is 3.44. The summed E-state index contributed by atoms with van der Waals surface area (Å²) >= 11 is 0. The fourth-order valence-electron chi connectivity index (χ4n) is 2.17. The Morgan fingerprint density at radius 2 is 2.15 bits per heavy atom. The van der Waals surface area contributed by atoms with Gasteiger partial charge in [-0.15, -0.1) is 0 Å². The van der Waals surface area contributed by atoms with Gasteiger partial charge in [-0.3, -0.25) is 4.79 Å². The first-order valence-corrected chi connectivity index (χ1v) is 7.08. The number of amides is 1. The topological polar surface area (TPSA) is 58.6 Å². The lowest BCUT2D eigenvalue weighted by atomic mass is 10.0. The zero-order valence-electron chi connectivity index (χ0n) is 11.8. The second kappa shape index (κ2) is 7.10. The van der Waals surface area contributed by atoms with Crippen molar-refractivity contribution in [3.05, 3.63) is 47.2 Å². The van der Waals surface area contributed by atoms with Crippen molar-refractivity contribution in [3.8, 4) is 0 Å². The van der Waals surface area contributed by atoms with Gasteiger partial charge in [-0.05, 0) is 36.5 Å². The molecule has 4 heteroatoms. The van der Waals surface area contributed by atoms with Gasteiger partial charge in [0.05, 0.1) is 19.3 Å². The Kier molecular flexibility index (Phi) is 5.18. The summed E-state index contributed by atoms with van der Waals surface area (Å²) in [5.41, 5.74) is 2.13. The lowest BCUT2D eigenvalue weighted by Gasteiger charge is -2.20. The molecule has 2 N–H and O–H groups in total. The molecule has 0 radical (unpaired) electrons. The van der Waals surface area contributed by atoms with Crippen molar-refractivity contribution in [3.63, 3.8) is 0 Å². The minimum Gasteiger partial charge on any atom is -0.488 e. The van der Waals surface area contributed by atoms with Crippen molar-refractivity contribution in [2.45, 2.75) is 32.2 Å². The highest BCUT2D eigenvalue weighted by atomic mass is 16.5. The Morgan fingerprint density at radius 3 is 2.70 bits per heavy atom. The summed E-state index contributed by atoms with van der Waals surface area (Å²) in [5.74, 6) is 0.100. The number of nitrogens with one attached hydrogen (secondary N) is 1. The van der Waals surface area contributed by atoms with Crippen LogP contribution >= 0.6 is 0 Å². The molecule has 0 bridgehead atoms. The number of rotatable bonds is 5. The van der Waals surface area contributed by atoms with E-state index >= 15 is 0 Å². The van der Waals surface area contributed by atoms with E-state index in [0.717, 1.165) is 24.8 Å². The van der Waals surface area contributed by atoms with Crippen molar-refractivity contribution >= 4 is 5.91 Å². The summed E-state index contributed by atoms with van der Waals surface area (Å²) in [7, 11) is 0. The Hall–Kier alpha value is -1.81. The first-order chi connectivity index (χ1) is 9.74. The van der Waals surface area contributed by atoms with Crippen LogP contribution in [0, 0.1) is 0 Å². The highest BCUT2D eigenvalue weighted by Gasteiger charge is 2.19. The van der Waals surface area contributed by atoms with E-state index in [1.54, 1.807) is 6.08 Å². The molecular formula is C16H21NO3. The number of aryl methyl sites for hydroxylation is 1. The minimum atomic E-state index is -0.403. The standard InChI is InChI=1S/C16H21NO3/c1-2-12-6-8-13(9-7-12)14(11-18)17-16(19)15-5-3-4-10-20-15/h5-9,14,18H,2-4,10-11H2,1H3,(H,17,19). The third-order valence-corrected chi connectivity index (χ3v) is 3.44. The molecule has 20 heavy (non-hydrogen) atoms. The molecule has 0 spiro atoms. The van der Waals surface area contributed by atoms with Crippen LogP contribution in [0.25, 0.3) is 0 Å². The molecule has 0 saturated carbocycles. The maximum Gasteiger partial charge on any atom is 0.286 e. The van der Waals surface area contributed by atoms with E-state index in [0.29, 0.717) is 12.4 Å². The zero-order chi connectivity index (χ0) is 14.4. The van der Waals surface area contributed by atoms with Crippen molar-refractivity contribution in [2.24, 2.45) is 0 Å². The molecule has 1 aromatic rings. The smallest absolute Gasteiger partial charge is 0.286 e. The fourth-order valence-corrected chi connectivity index (χ4v) is 2.17. The number of ether oxygens (including phenoxy) is 1. The molecule has 1 heterocycles. The lowest BCUT2D eigenvalue weighted by Crippen LogP contribution is -2.33. The molecule has 1 amide bonds. The van der Waals surface area contributed by atoms with Crippen LogP contribution in [0.3, 0.4) is 0 Å². The molecule has 108 valence electrons. The summed E-state index contributed by atoms with van der Waals surface area (Å²) in [6.07, 6.45) is 4.57. The molecule has 0 fully saturated rings. The van der Waals surface area contributed by atoms with Crippen molar-refractivity contribution in [1.29, 1.82) is 0 Å². The second-order valence-corrected chi connectivity index (χ2v) is 4.86. The monoisotopic (exact) mass is 275 g/mol. The largest absolute Gasteiger partial charge is 0.488 e. The van der Waals surface area contributed by atoms with Gasteiger partial charge in [0.15, 0.2) is 5.76 Å². The maximum atomic E-state index is 12.0. The van der Waals surface area contributed by atoms with E-state index in [1.165, 1.54) is 5.56 Å². The maximum absolute atomic E-state index is 12.0. The van der Waals surface area contributed by atoms with Crippen LogP contribution in [0.5, 0.6) is 0 Å². The van der Waals surface area contributed by atoms with Gasteiger partial charge in [0.25, 0.3) is 5.91 Å². The number of benzene rings is 1. The number of hydrogen-bond donors (Lipinski definition) is 2. The SMILES string of the molecule is CCc1ccc(C(CO)NC(=O)C2=CCCCO2)cc1. The Bertz CT molecular complexity index is 479. The summed E-state index contributed by atoms with van der Waals surface area (Å²) in [4.78, 5) is 12.0. The van der Waals surface area contributed by atoms with Gasteiger partial charge in [0.1, 0.15) is 0 Å². The van der Waals surface area contributed by atoms with Crippen LogP contribution in [0.15, 0.2) is 36.1 Å². The summed E-state index contributed by atoms with van der Waals surface area (Å²) in [5, 5.41) is 12.3. The van der Waals surface area contributed by atoms with Crippen molar-refractivity contribution in [2.75, 3.05) is 13.2 Å². The summed E-state index contributed by atoms with van der Waals surface area (Å²) in [6.45, 7) is 2.53. The normalized spacial score (nSPS) is 16.0. The van der Waals surface area contributed by atoms with E-state index < -0.39 is 6.04 Å². The minimum absolute atomic E-state index is 0.134. The van der Waals surface area contributed by atoms with Gasteiger partial charge >= 0.3 is 0 Å². The van der Waals surface area contributed by atoms with Gasteiger partial charge in [-0.25, -0.2) is 0 Å². The number of aliphatic hydroxyl groups is 1. The van der Waals surface area contributed by atoms with E-state index in [-0.39, 0.29) is 12.5 Å².